The summed E-state index contributed by atoms with van der Waals surface area (Å²) in [6, 6.07) is 1.73. The Morgan fingerprint density at radius 1 is 1.58 bits per heavy atom. The monoisotopic (exact) mass is 281 g/mol. The van der Waals surface area contributed by atoms with E-state index in [1.54, 1.807) is 19.1 Å². The van der Waals surface area contributed by atoms with E-state index >= 15 is 0 Å². The number of aromatic nitrogens is 1. The quantitative estimate of drug-likeness (QED) is 0.679. The summed E-state index contributed by atoms with van der Waals surface area (Å²) in [5.41, 5.74) is 7.54. The highest BCUT2D eigenvalue weighted by molar-refractivity contribution is 6.32. The molecule has 0 saturated heterocycles. The average molecular weight is 282 g/mol. The maximum Gasteiger partial charge on any atom is 0.335 e. The number of nitrogens with two attached hydrogens (primary N) is 1. The van der Waals surface area contributed by atoms with Crippen LogP contribution in [-0.4, -0.2) is 30.6 Å². The average Bonchev–Trinajstić information content (AvgIpc) is 2.39. The van der Waals surface area contributed by atoms with E-state index in [2.05, 4.69) is 4.98 Å². The van der Waals surface area contributed by atoms with Crippen molar-refractivity contribution in [2.75, 3.05) is 30.3 Å². The molecular weight excluding hydrogens is 266 g/mol. The largest absolute Gasteiger partial charge is 0.463 e. The van der Waals surface area contributed by atoms with Crippen LogP contribution in [-0.2, 0) is 9.53 Å². The van der Waals surface area contributed by atoms with Crippen molar-refractivity contribution < 1.29 is 9.53 Å². The molecule has 6 heteroatoms. The molecule has 5 nitrogen and oxygen atoms in total. The number of ether oxygens (including phenoxy) is 1. The summed E-state index contributed by atoms with van der Waals surface area (Å²) < 4.78 is 5.03. The number of esters is 1. The predicted octanol–water partition coefficient (Wildman–Crippen LogP) is 2.10. The molecule has 0 amide bonds. The van der Waals surface area contributed by atoms with Crippen molar-refractivity contribution in [3.63, 3.8) is 0 Å². The normalized spacial score (nSPS) is 13.8. The van der Waals surface area contributed by atoms with Crippen LogP contribution >= 0.6 is 11.6 Å². The van der Waals surface area contributed by atoms with Crippen LogP contribution in [0.4, 0.5) is 11.5 Å². The molecule has 0 saturated carbocycles. The van der Waals surface area contributed by atoms with Gasteiger partial charge in [0.2, 0.25) is 0 Å². The van der Waals surface area contributed by atoms with Crippen LogP contribution in [0.5, 0.6) is 0 Å². The van der Waals surface area contributed by atoms with Crippen LogP contribution in [0.1, 0.15) is 19.4 Å². The van der Waals surface area contributed by atoms with Gasteiger partial charge in [-0.1, -0.05) is 11.6 Å². The van der Waals surface area contributed by atoms with Crippen molar-refractivity contribution in [1.82, 2.24) is 4.98 Å². The number of carbonyl (C=O) groups excluding carboxylic acids is 1. The third-order valence-corrected chi connectivity index (χ3v) is 3.22. The van der Waals surface area contributed by atoms with Gasteiger partial charge in [-0.2, -0.15) is 0 Å². The van der Waals surface area contributed by atoms with Crippen molar-refractivity contribution in [2.24, 2.45) is 0 Å². The molecule has 0 fully saturated rings. The van der Waals surface area contributed by atoms with Gasteiger partial charge in [-0.15, -0.1) is 0 Å². The SMILES string of the molecule is CCOC(=O)C1=Cc2cc(N)c(Cl)nc2N(CC)C1. The third kappa shape index (κ3) is 2.66. The number of pyridine rings is 1. The molecule has 0 bridgehead atoms. The number of nitrogen functional groups attached to an aromatic ring is 1. The maximum absolute atomic E-state index is 11.8. The molecule has 102 valence electrons. The Bertz CT molecular complexity index is 543. The Kier molecular flexibility index (Phi) is 3.95. The first-order valence-corrected chi connectivity index (χ1v) is 6.53. The number of fused-ring (bicyclic) bond motifs is 1. The Morgan fingerprint density at radius 2 is 2.32 bits per heavy atom. The molecule has 1 aliphatic heterocycles. The van der Waals surface area contributed by atoms with E-state index in [4.69, 9.17) is 22.1 Å². The number of hydrogen-bond donors (Lipinski definition) is 1. The second-order valence-corrected chi connectivity index (χ2v) is 4.54. The van der Waals surface area contributed by atoms with Gasteiger partial charge >= 0.3 is 5.97 Å². The Labute approximate surface area is 117 Å². The lowest BCUT2D eigenvalue weighted by molar-refractivity contribution is -0.138. The highest BCUT2D eigenvalue weighted by Crippen LogP contribution is 2.31. The topological polar surface area (TPSA) is 68.5 Å². The zero-order chi connectivity index (χ0) is 14.0. The number of halogens is 1. The minimum absolute atomic E-state index is 0.283. The zero-order valence-corrected chi connectivity index (χ0v) is 11.7. The summed E-state index contributed by atoms with van der Waals surface area (Å²) in [4.78, 5) is 18.1. The summed E-state index contributed by atoms with van der Waals surface area (Å²) in [5.74, 6) is 0.440. The van der Waals surface area contributed by atoms with Crippen LogP contribution in [0.2, 0.25) is 5.15 Å². The number of likely N-dealkylation sites (N-methyl/N-ethyl adjacent to an activating group) is 1. The highest BCUT2D eigenvalue weighted by atomic mass is 35.5. The molecule has 1 aromatic heterocycles. The van der Waals surface area contributed by atoms with Crippen LogP contribution < -0.4 is 10.6 Å². The van der Waals surface area contributed by atoms with E-state index in [1.807, 2.05) is 11.8 Å². The number of carbonyl (C=O) groups is 1. The standard InChI is InChI=1S/C13H16ClN3O2/c1-3-17-7-9(13(18)19-4-2)5-8-6-10(15)11(14)16-12(8)17/h5-6H,3-4,7,15H2,1-2H3. The lowest BCUT2D eigenvalue weighted by Crippen LogP contribution is -2.32. The molecule has 2 N–H and O–H groups in total. The predicted molar refractivity (Wildman–Crippen MR) is 76.2 cm³/mol. The van der Waals surface area contributed by atoms with Gasteiger partial charge in [0.1, 0.15) is 5.82 Å². The fourth-order valence-corrected chi connectivity index (χ4v) is 2.13. The summed E-state index contributed by atoms with van der Waals surface area (Å²) >= 11 is 5.94. The number of anilines is 2. The first-order valence-electron chi connectivity index (χ1n) is 6.15. The second kappa shape index (κ2) is 5.48. The van der Waals surface area contributed by atoms with E-state index in [1.165, 1.54) is 0 Å². The van der Waals surface area contributed by atoms with Gasteiger partial charge in [-0.05, 0) is 26.0 Å². The molecule has 0 aromatic carbocycles. The fourth-order valence-electron chi connectivity index (χ4n) is 2.00. The molecule has 1 aromatic rings. The van der Waals surface area contributed by atoms with Crippen molar-refractivity contribution >= 4 is 35.2 Å². The molecule has 1 aliphatic rings. The van der Waals surface area contributed by atoms with Crippen LogP contribution in [0.25, 0.3) is 6.08 Å². The Morgan fingerprint density at radius 3 is 2.95 bits per heavy atom. The summed E-state index contributed by atoms with van der Waals surface area (Å²) in [6.07, 6.45) is 1.76. The van der Waals surface area contributed by atoms with Crippen molar-refractivity contribution in [3.05, 3.63) is 22.4 Å². The molecule has 0 aliphatic carbocycles. The van der Waals surface area contributed by atoms with Gasteiger partial charge in [-0.25, -0.2) is 9.78 Å². The fraction of sp³-hybridized carbons (Fsp3) is 0.385. The lowest BCUT2D eigenvalue weighted by atomic mass is 10.1. The number of hydrogen-bond acceptors (Lipinski definition) is 5. The van der Waals surface area contributed by atoms with Gasteiger partial charge in [-0.3, -0.25) is 0 Å². The summed E-state index contributed by atoms with van der Waals surface area (Å²) in [6.45, 7) is 5.32. The van der Waals surface area contributed by atoms with Crippen molar-refractivity contribution in [1.29, 1.82) is 0 Å². The second-order valence-electron chi connectivity index (χ2n) is 4.19. The number of rotatable bonds is 3. The van der Waals surface area contributed by atoms with E-state index in [9.17, 15) is 4.79 Å². The molecular formula is C13H16ClN3O2. The summed E-state index contributed by atoms with van der Waals surface area (Å²) in [7, 11) is 0. The highest BCUT2D eigenvalue weighted by Gasteiger charge is 2.24. The Balaban J connectivity index is 2.45. The van der Waals surface area contributed by atoms with Gasteiger partial charge in [0, 0.05) is 12.1 Å². The maximum atomic E-state index is 11.8. The van der Waals surface area contributed by atoms with E-state index in [-0.39, 0.29) is 11.1 Å². The zero-order valence-electron chi connectivity index (χ0n) is 10.9. The van der Waals surface area contributed by atoms with Crippen LogP contribution in [0.3, 0.4) is 0 Å². The van der Waals surface area contributed by atoms with Gasteiger partial charge in [0.15, 0.2) is 5.15 Å². The van der Waals surface area contributed by atoms with E-state index in [0.717, 1.165) is 17.9 Å². The first-order chi connectivity index (χ1) is 9.06. The van der Waals surface area contributed by atoms with Crippen LogP contribution in [0, 0.1) is 0 Å². The minimum atomic E-state index is -0.305. The first kappa shape index (κ1) is 13.7. The van der Waals surface area contributed by atoms with E-state index in [0.29, 0.717) is 24.4 Å². The van der Waals surface area contributed by atoms with Crippen molar-refractivity contribution in [3.8, 4) is 0 Å². The summed E-state index contributed by atoms with van der Waals surface area (Å²) in [5, 5.41) is 0.283. The molecule has 0 spiro atoms. The Hall–Kier alpha value is -1.75. The van der Waals surface area contributed by atoms with Gasteiger partial charge in [0.05, 0.1) is 24.4 Å². The third-order valence-electron chi connectivity index (χ3n) is 2.92. The van der Waals surface area contributed by atoms with Crippen molar-refractivity contribution in [2.45, 2.75) is 13.8 Å². The van der Waals surface area contributed by atoms with Gasteiger partial charge < -0.3 is 15.4 Å². The van der Waals surface area contributed by atoms with Gasteiger partial charge in [0.25, 0.3) is 0 Å². The smallest absolute Gasteiger partial charge is 0.335 e. The molecule has 19 heavy (non-hydrogen) atoms. The lowest BCUT2D eigenvalue weighted by Gasteiger charge is -2.28. The molecule has 2 rings (SSSR count). The molecule has 0 unspecified atom stereocenters. The number of nitrogens with zero attached hydrogens (tertiary/aromatic N) is 2. The van der Waals surface area contributed by atoms with E-state index < -0.39 is 0 Å². The molecule has 0 atom stereocenters. The van der Waals surface area contributed by atoms with Crippen LogP contribution in [0.15, 0.2) is 11.6 Å². The molecule has 0 radical (unpaired) electrons. The minimum Gasteiger partial charge on any atom is -0.463 e. The molecule has 2 heterocycles.